The molecule has 1 aromatic heterocycles. The second-order valence-corrected chi connectivity index (χ2v) is 6.83. The minimum absolute atomic E-state index is 0.151. The van der Waals surface area contributed by atoms with Crippen molar-refractivity contribution < 1.29 is 19.0 Å². The molecule has 4 aromatic rings. The van der Waals surface area contributed by atoms with Gasteiger partial charge in [0.2, 0.25) is 5.95 Å². The van der Waals surface area contributed by atoms with Gasteiger partial charge in [-0.1, -0.05) is 36.4 Å². The number of carbonyl (C=O) groups excluding carboxylic acids is 1. The van der Waals surface area contributed by atoms with Crippen LogP contribution in [0.2, 0.25) is 0 Å². The summed E-state index contributed by atoms with van der Waals surface area (Å²) < 4.78 is 16.4. The summed E-state index contributed by atoms with van der Waals surface area (Å²) in [5, 5.41) is 9.60. The van der Waals surface area contributed by atoms with Crippen molar-refractivity contribution in [1.29, 1.82) is 0 Å². The maximum absolute atomic E-state index is 12.7. The van der Waals surface area contributed by atoms with Gasteiger partial charge in [-0.2, -0.15) is 4.98 Å². The number of ether oxygens (including phenoxy) is 3. The van der Waals surface area contributed by atoms with E-state index >= 15 is 0 Å². The fourth-order valence-electron chi connectivity index (χ4n) is 3.07. The van der Waals surface area contributed by atoms with Crippen LogP contribution >= 0.6 is 0 Å². The fourth-order valence-corrected chi connectivity index (χ4v) is 3.07. The average molecular weight is 430 g/mol. The first-order chi connectivity index (χ1) is 15.7. The monoisotopic (exact) mass is 430 g/mol. The molecular formula is C24H22N4O4. The summed E-state index contributed by atoms with van der Waals surface area (Å²) in [6.07, 6.45) is 0. The van der Waals surface area contributed by atoms with Gasteiger partial charge in [0.05, 0.1) is 19.8 Å². The number of nitrogens with one attached hydrogen (secondary N) is 2. The Kier molecular flexibility index (Phi) is 6.31. The number of hydrogen-bond donors (Lipinski definition) is 2. The van der Waals surface area contributed by atoms with Crippen LogP contribution in [0.1, 0.15) is 15.9 Å². The van der Waals surface area contributed by atoms with Crippen LogP contribution in [0.25, 0.3) is 11.4 Å². The molecule has 0 aliphatic heterocycles. The van der Waals surface area contributed by atoms with Gasteiger partial charge in [0.25, 0.3) is 5.91 Å². The smallest absolute Gasteiger partial charge is 0.258 e. The first kappa shape index (κ1) is 20.9. The molecule has 3 aromatic carbocycles. The molecule has 1 amide bonds. The lowest BCUT2D eigenvalue weighted by molar-refractivity contribution is 0.102. The van der Waals surface area contributed by atoms with Gasteiger partial charge in [-0.3, -0.25) is 15.2 Å². The van der Waals surface area contributed by atoms with E-state index in [0.29, 0.717) is 40.8 Å². The number of carbonyl (C=O) groups is 1. The minimum Gasteiger partial charge on any atom is -0.497 e. The molecule has 0 fully saturated rings. The number of amides is 1. The Hall–Kier alpha value is -4.33. The van der Waals surface area contributed by atoms with Crippen molar-refractivity contribution >= 4 is 11.9 Å². The maximum Gasteiger partial charge on any atom is 0.258 e. The third kappa shape index (κ3) is 4.86. The van der Waals surface area contributed by atoms with E-state index in [1.165, 1.54) is 0 Å². The lowest BCUT2D eigenvalue weighted by Crippen LogP contribution is -2.13. The van der Waals surface area contributed by atoms with Crippen LogP contribution in [0.4, 0.5) is 5.95 Å². The summed E-state index contributed by atoms with van der Waals surface area (Å²) in [6, 6.07) is 22.1. The first-order valence-electron chi connectivity index (χ1n) is 9.89. The van der Waals surface area contributed by atoms with E-state index in [-0.39, 0.29) is 11.9 Å². The van der Waals surface area contributed by atoms with Crippen LogP contribution in [0.3, 0.4) is 0 Å². The van der Waals surface area contributed by atoms with Crippen molar-refractivity contribution in [2.75, 3.05) is 19.5 Å². The van der Waals surface area contributed by atoms with Gasteiger partial charge in [-0.05, 0) is 35.9 Å². The highest BCUT2D eigenvalue weighted by Gasteiger charge is 2.15. The Morgan fingerprint density at radius 2 is 1.78 bits per heavy atom. The summed E-state index contributed by atoms with van der Waals surface area (Å²) in [7, 11) is 3.14. The van der Waals surface area contributed by atoms with E-state index in [4.69, 9.17) is 14.2 Å². The lowest BCUT2D eigenvalue weighted by atomic mass is 10.2. The molecule has 162 valence electrons. The molecule has 2 N–H and O–H groups in total. The molecule has 0 spiro atoms. The summed E-state index contributed by atoms with van der Waals surface area (Å²) in [5.74, 6) is 2.09. The predicted octanol–water partition coefficient (Wildman–Crippen LogP) is 4.32. The van der Waals surface area contributed by atoms with Gasteiger partial charge in [0.15, 0.2) is 5.82 Å². The number of aromatic nitrogens is 3. The second-order valence-electron chi connectivity index (χ2n) is 6.83. The van der Waals surface area contributed by atoms with Crippen molar-refractivity contribution in [1.82, 2.24) is 15.2 Å². The predicted molar refractivity (Wildman–Crippen MR) is 120 cm³/mol. The van der Waals surface area contributed by atoms with E-state index in [2.05, 4.69) is 20.5 Å². The molecule has 0 atom stereocenters. The molecule has 32 heavy (non-hydrogen) atoms. The average Bonchev–Trinajstić information content (AvgIpc) is 3.31. The highest BCUT2D eigenvalue weighted by atomic mass is 16.5. The molecule has 8 heteroatoms. The molecule has 0 aliphatic carbocycles. The van der Waals surface area contributed by atoms with Gasteiger partial charge in [0.1, 0.15) is 23.9 Å². The summed E-state index contributed by atoms with van der Waals surface area (Å²) in [4.78, 5) is 17.0. The zero-order chi connectivity index (χ0) is 22.3. The Labute approximate surface area is 185 Å². The van der Waals surface area contributed by atoms with E-state index in [1.54, 1.807) is 56.7 Å². The van der Waals surface area contributed by atoms with Crippen molar-refractivity contribution in [3.63, 3.8) is 0 Å². The number of anilines is 1. The van der Waals surface area contributed by atoms with Gasteiger partial charge < -0.3 is 14.2 Å². The van der Waals surface area contributed by atoms with Gasteiger partial charge in [0, 0.05) is 11.6 Å². The number of methoxy groups -OCH3 is 2. The molecule has 0 saturated carbocycles. The molecule has 1 heterocycles. The maximum atomic E-state index is 12.7. The molecule has 4 rings (SSSR count). The summed E-state index contributed by atoms with van der Waals surface area (Å²) in [5.41, 5.74) is 2.17. The highest BCUT2D eigenvalue weighted by molar-refractivity contribution is 6.03. The van der Waals surface area contributed by atoms with Crippen molar-refractivity contribution in [3.05, 3.63) is 83.9 Å². The number of hydrogen-bond acceptors (Lipinski definition) is 6. The Bertz CT molecular complexity index is 1210. The second kappa shape index (κ2) is 9.65. The molecular weight excluding hydrogens is 408 g/mol. The molecule has 0 saturated heterocycles. The zero-order valence-electron chi connectivity index (χ0n) is 17.7. The van der Waals surface area contributed by atoms with Crippen LogP contribution in [0, 0.1) is 0 Å². The van der Waals surface area contributed by atoms with Crippen molar-refractivity contribution in [2.45, 2.75) is 6.61 Å². The third-order valence-electron chi connectivity index (χ3n) is 4.72. The van der Waals surface area contributed by atoms with Crippen LogP contribution < -0.4 is 19.5 Å². The largest absolute Gasteiger partial charge is 0.497 e. The molecule has 0 radical (unpaired) electrons. The fraction of sp³-hybridized carbons (Fsp3) is 0.125. The quantitative estimate of drug-likeness (QED) is 0.432. The van der Waals surface area contributed by atoms with Crippen molar-refractivity contribution in [3.8, 4) is 28.6 Å². The van der Waals surface area contributed by atoms with Crippen LogP contribution in [-0.2, 0) is 6.61 Å². The Balaban J connectivity index is 1.44. The van der Waals surface area contributed by atoms with Crippen molar-refractivity contribution in [2.24, 2.45) is 0 Å². The normalized spacial score (nSPS) is 10.4. The molecule has 8 nitrogen and oxygen atoms in total. The van der Waals surface area contributed by atoms with Crippen LogP contribution in [-0.4, -0.2) is 35.3 Å². The Morgan fingerprint density at radius 3 is 2.56 bits per heavy atom. The molecule has 0 unspecified atom stereocenters. The number of aromatic amines is 1. The number of H-pyrrole nitrogens is 1. The lowest BCUT2D eigenvalue weighted by Gasteiger charge is -2.08. The molecule has 0 bridgehead atoms. The molecule has 0 aliphatic rings. The van der Waals surface area contributed by atoms with Gasteiger partial charge in [-0.15, -0.1) is 5.10 Å². The SMILES string of the molecule is COc1ccc(-c2nc(NC(=O)c3cccc(OCc4ccccc4)c3)n[nH]2)c(OC)c1. The highest BCUT2D eigenvalue weighted by Crippen LogP contribution is 2.31. The summed E-state index contributed by atoms with van der Waals surface area (Å²) >= 11 is 0. The van der Waals surface area contributed by atoms with E-state index in [9.17, 15) is 4.79 Å². The topological polar surface area (TPSA) is 98.4 Å². The number of rotatable bonds is 8. The Morgan fingerprint density at radius 1 is 0.938 bits per heavy atom. The van der Waals surface area contributed by atoms with Crippen LogP contribution in [0.5, 0.6) is 17.2 Å². The third-order valence-corrected chi connectivity index (χ3v) is 4.72. The van der Waals surface area contributed by atoms with Crippen LogP contribution in [0.15, 0.2) is 72.8 Å². The standard InChI is InChI=1S/C24H22N4O4/c1-30-18-11-12-20(21(14-18)31-2)22-25-24(28-27-22)26-23(29)17-9-6-10-19(13-17)32-15-16-7-4-3-5-8-16/h3-14H,15H2,1-2H3,(H2,25,26,27,28,29). The number of nitrogens with zero attached hydrogens (tertiary/aromatic N) is 2. The van der Waals surface area contributed by atoms with Gasteiger partial charge >= 0.3 is 0 Å². The number of benzene rings is 3. The van der Waals surface area contributed by atoms with E-state index in [1.807, 2.05) is 30.3 Å². The minimum atomic E-state index is -0.345. The summed E-state index contributed by atoms with van der Waals surface area (Å²) in [6.45, 7) is 0.417. The zero-order valence-corrected chi connectivity index (χ0v) is 17.7. The van der Waals surface area contributed by atoms with Gasteiger partial charge in [-0.25, -0.2) is 0 Å². The van der Waals surface area contributed by atoms with E-state index in [0.717, 1.165) is 5.56 Å². The van der Waals surface area contributed by atoms with E-state index < -0.39 is 0 Å². The first-order valence-corrected chi connectivity index (χ1v) is 9.89.